The van der Waals surface area contributed by atoms with Gasteiger partial charge in [-0.2, -0.15) is 0 Å². The van der Waals surface area contributed by atoms with Gasteiger partial charge in [-0.1, -0.05) is 66.7 Å². The van der Waals surface area contributed by atoms with E-state index in [1.165, 1.54) is 6.07 Å². The Bertz CT molecular complexity index is 2030. The Morgan fingerprint density at radius 2 is 1.76 bits per heavy atom. The third kappa shape index (κ3) is 4.75. The molecule has 1 aliphatic carbocycles. The number of ether oxygens (including phenoxy) is 1. The van der Waals surface area contributed by atoms with E-state index in [2.05, 4.69) is 25.8 Å². The van der Waals surface area contributed by atoms with Gasteiger partial charge in [-0.3, -0.25) is 9.55 Å². The Morgan fingerprint density at radius 3 is 2.64 bits per heavy atom. The van der Waals surface area contributed by atoms with Gasteiger partial charge in [-0.15, -0.1) is 0 Å². The summed E-state index contributed by atoms with van der Waals surface area (Å²) in [6, 6.07) is 28.5. The van der Waals surface area contributed by atoms with Gasteiger partial charge < -0.3 is 15.0 Å². The minimum Gasteiger partial charge on any atom is -0.445 e. The van der Waals surface area contributed by atoms with Crippen LogP contribution in [0.5, 0.6) is 0 Å². The van der Waals surface area contributed by atoms with Gasteiger partial charge in [0.25, 0.3) is 0 Å². The number of nitrogens with one attached hydrogen (secondary N) is 1. The Hall–Kier alpha value is -5.31. The molecular formula is C36H31FN6O2. The highest BCUT2D eigenvalue weighted by Gasteiger charge is 2.67. The number of para-hydroxylation sites is 1. The summed E-state index contributed by atoms with van der Waals surface area (Å²) in [5.41, 5.74) is 4.54. The molecule has 2 aliphatic rings. The van der Waals surface area contributed by atoms with Crippen LogP contribution in [0, 0.1) is 17.7 Å². The van der Waals surface area contributed by atoms with Crippen LogP contribution in [-0.4, -0.2) is 45.2 Å². The molecule has 0 bridgehead atoms. The van der Waals surface area contributed by atoms with Gasteiger partial charge in [0.15, 0.2) is 5.65 Å². The lowest BCUT2D eigenvalue weighted by Crippen LogP contribution is -2.36. The molecule has 1 amide bonds. The number of carbonyl (C=O) groups is 1. The van der Waals surface area contributed by atoms with Crippen LogP contribution in [0.25, 0.3) is 27.8 Å². The molecule has 8 rings (SSSR count). The number of benzene rings is 3. The normalized spacial score (nSPS) is 20.6. The Kier molecular flexibility index (Phi) is 6.66. The van der Waals surface area contributed by atoms with E-state index < -0.39 is 11.5 Å². The summed E-state index contributed by atoms with van der Waals surface area (Å²) in [6.45, 7) is 1.94. The first kappa shape index (κ1) is 27.3. The standard InChI is InChI=1S/C36H31FN6O2/c37-29-12-6-5-11-27(29)36(23-40-35(44)45-22-24-8-2-1-3-9-24)26-15-18-42(21-28(26)36)33-20-39-34-31(41-33)16-19-43(34)32-14-17-38-30-13-7-4-10-25(30)32/h1-14,16-17,19-20,26,28H,15,18,21-23H2,(H,40,44)/t26-,28+,36-/m1/s1. The van der Waals surface area contributed by atoms with E-state index in [4.69, 9.17) is 14.7 Å². The largest absolute Gasteiger partial charge is 0.445 e. The van der Waals surface area contributed by atoms with Crippen LogP contribution < -0.4 is 10.2 Å². The van der Waals surface area contributed by atoms with Crippen LogP contribution in [-0.2, 0) is 16.8 Å². The predicted molar refractivity (Wildman–Crippen MR) is 171 cm³/mol. The first-order valence-corrected chi connectivity index (χ1v) is 15.2. The lowest BCUT2D eigenvalue weighted by molar-refractivity contribution is 0.138. The van der Waals surface area contributed by atoms with Gasteiger partial charge in [0.2, 0.25) is 0 Å². The first-order valence-electron chi connectivity index (χ1n) is 15.2. The summed E-state index contributed by atoms with van der Waals surface area (Å²) in [5, 5.41) is 4.01. The summed E-state index contributed by atoms with van der Waals surface area (Å²) in [5.74, 6) is 0.924. The molecule has 8 nitrogen and oxygen atoms in total. The average molecular weight is 599 g/mol. The zero-order valence-electron chi connectivity index (χ0n) is 24.5. The van der Waals surface area contributed by atoms with E-state index in [1.807, 2.05) is 91.4 Å². The molecule has 0 unspecified atom stereocenters. The molecule has 4 heterocycles. The molecule has 1 saturated heterocycles. The number of hydrogen-bond donors (Lipinski definition) is 1. The molecule has 9 heteroatoms. The van der Waals surface area contributed by atoms with Gasteiger partial charge in [-0.05, 0) is 53.6 Å². The van der Waals surface area contributed by atoms with Crippen molar-refractivity contribution in [3.05, 3.63) is 127 Å². The van der Waals surface area contributed by atoms with Crippen molar-refractivity contribution in [3.8, 4) is 5.69 Å². The minimum absolute atomic E-state index is 0.142. The monoisotopic (exact) mass is 598 g/mol. The summed E-state index contributed by atoms with van der Waals surface area (Å²) >= 11 is 0. The van der Waals surface area contributed by atoms with Crippen molar-refractivity contribution in [1.82, 2.24) is 24.8 Å². The van der Waals surface area contributed by atoms with E-state index in [-0.39, 0.29) is 24.3 Å². The number of piperidine rings is 1. The maximum absolute atomic E-state index is 15.3. The molecular weight excluding hydrogens is 567 g/mol. The van der Waals surface area contributed by atoms with E-state index in [9.17, 15) is 4.79 Å². The molecule has 1 saturated carbocycles. The second-order valence-electron chi connectivity index (χ2n) is 11.9. The minimum atomic E-state index is -0.519. The molecule has 45 heavy (non-hydrogen) atoms. The number of aromatic nitrogens is 4. The van der Waals surface area contributed by atoms with E-state index in [1.54, 1.807) is 6.07 Å². The Morgan fingerprint density at radius 1 is 0.933 bits per heavy atom. The SMILES string of the molecule is O=C(NC[C@]1(c2ccccc2F)[C@@H]2CCN(c3cnc4c(ccn4-c4ccnc5ccccc45)n3)C[C@@H]21)OCc1ccccc1. The smallest absolute Gasteiger partial charge is 0.407 e. The lowest BCUT2D eigenvalue weighted by Gasteiger charge is -2.27. The lowest BCUT2D eigenvalue weighted by atomic mass is 9.90. The second kappa shape index (κ2) is 11.0. The number of anilines is 1. The highest BCUT2D eigenvalue weighted by atomic mass is 19.1. The number of hydrogen-bond acceptors (Lipinski definition) is 6. The van der Waals surface area contributed by atoms with Gasteiger partial charge in [0.1, 0.15) is 23.8 Å². The van der Waals surface area contributed by atoms with Crippen LogP contribution in [0.1, 0.15) is 17.5 Å². The molecule has 6 aromatic rings. The van der Waals surface area contributed by atoms with Crippen molar-refractivity contribution in [3.63, 3.8) is 0 Å². The summed E-state index contributed by atoms with van der Waals surface area (Å²) in [4.78, 5) is 29.3. The third-order valence-electron chi connectivity index (χ3n) is 9.53. The van der Waals surface area contributed by atoms with Crippen molar-refractivity contribution in [2.75, 3.05) is 24.5 Å². The second-order valence-corrected chi connectivity index (χ2v) is 11.9. The first-order chi connectivity index (χ1) is 22.1. The maximum Gasteiger partial charge on any atom is 0.407 e. The van der Waals surface area contributed by atoms with Crippen LogP contribution in [0.4, 0.5) is 15.0 Å². The molecule has 2 fully saturated rings. The summed E-state index contributed by atoms with van der Waals surface area (Å²) < 4.78 is 22.8. The number of alkyl carbamates (subject to hydrolysis) is 1. The quantitative estimate of drug-likeness (QED) is 0.228. The molecule has 0 spiro atoms. The topological polar surface area (TPSA) is 85.2 Å². The van der Waals surface area contributed by atoms with Crippen molar-refractivity contribution in [2.24, 2.45) is 11.8 Å². The number of rotatable bonds is 7. The zero-order chi connectivity index (χ0) is 30.4. The van der Waals surface area contributed by atoms with Crippen LogP contribution >= 0.6 is 0 Å². The number of amides is 1. The number of nitrogens with zero attached hydrogens (tertiary/aromatic N) is 5. The van der Waals surface area contributed by atoms with E-state index >= 15 is 4.39 Å². The van der Waals surface area contributed by atoms with E-state index in [0.29, 0.717) is 18.7 Å². The van der Waals surface area contributed by atoms with Crippen molar-refractivity contribution in [1.29, 1.82) is 0 Å². The summed E-state index contributed by atoms with van der Waals surface area (Å²) in [7, 11) is 0. The highest BCUT2D eigenvalue weighted by Crippen LogP contribution is 2.63. The molecule has 3 atom stereocenters. The molecule has 3 aromatic heterocycles. The molecule has 1 aliphatic heterocycles. The van der Waals surface area contributed by atoms with Crippen molar-refractivity contribution in [2.45, 2.75) is 18.4 Å². The van der Waals surface area contributed by atoms with Crippen molar-refractivity contribution < 1.29 is 13.9 Å². The molecule has 224 valence electrons. The predicted octanol–water partition coefficient (Wildman–Crippen LogP) is 6.43. The number of carbonyl (C=O) groups excluding carboxylic acids is 1. The number of halogens is 1. The van der Waals surface area contributed by atoms with Crippen LogP contribution in [0.15, 0.2) is 110 Å². The fourth-order valence-corrected chi connectivity index (χ4v) is 7.31. The molecule has 3 aromatic carbocycles. The number of pyridine rings is 1. The van der Waals surface area contributed by atoms with Gasteiger partial charge in [0.05, 0.1) is 17.4 Å². The third-order valence-corrected chi connectivity index (χ3v) is 9.53. The Labute approximate surface area is 259 Å². The summed E-state index contributed by atoms with van der Waals surface area (Å²) in [6.07, 6.45) is 5.98. The van der Waals surface area contributed by atoms with Crippen LogP contribution in [0.3, 0.4) is 0 Å². The highest BCUT2D eigenvalue weighted by molar-refractivity contribution is 5.89. The van der Waals surface area contributed by atoms with E-state index in [0.717, 1.165) is 52.1 Å². The van der Waals surface area contributed by atoms with Crippen molar-refractivity contribution >= 4 is 34.0 Å². The average Bonchev–Trinajstić information content (AvgIpc) is 3.53. The van der Waals surface area contributed by atoms with Gasteiger partial charge in [0, 0.05) is 42.8 Å². The van der Waals surface area contributed by atoms with Gasteiger partial charge >= 0.3 is 6.09 Å². The number of fused-ring (bicyclic) bond motifs is 3. The fourth-order valence-electron chi connectivity index (χ4n) is 7.31. The fraction of sp³-hybridized carbons (Fsp3) is 0.222. The zero-order valence-corrected chi connectivity index (χ0v) is 24.5. The maximum atomic E-state index is 15.3. The molecule has 1 N–H and O–H groups in total. The van der Waals surface area contributed by atoms with Crippen LogP contribution in [0.2, 0.25) is 0 Å². The van der Waals surface area contributed by atoms with Gasteiger partial charge in [-0.25, -0.2) is 19.2 Å². The molecule has 0 radical (unpaired) electrons. The Balaban J connectivity index is 1.03.